The van der Waals surface area contributed by atoms with E-state index in [0.29, 0.717) is 18.8 Å². The van der Waals surface area contributed by atoms with Crippen LogP contribution in [0.3, 0.4) is 0 Å². The summed E-state index contributed by atoms with van der Waals surface area (Å²) in [4.78, 5) is 11.0. The van der Waals surface area contributed by atoms with E-state index < -0.39 is 21.2 Å². The van der Waals surface area contributed by atoms with E-state index in [2.05, 4.69) is 4.72 Å². The molecule has 1 saturated carbocycles. The van der Waals surface area contributed by atoms with Crippen molar-refractivity contribution in [1.29, 1.82) is 0 Å². The minimum atomic E-state index is -3.52. The molecule has 1 aromatic carbocycles. The number of benzene rings is 1. The molecule has 1 heterocycles. The normalized spacial score (nSPS) is 27.6. The van der Waals surface area contributed by atoms with Gasteiger partial charge < -0.3 is 9.84 Å². The van der Waals surface area contributed by atoms with Gasteiger partial charge in [-0.1, -0.05) is 0 Å². The lowest BCUT2D eigenvalue weighted by Gasteiger charge is -2.10. The quantitative estimate of drug-likeness (QED) is 0.790. The van der Waals surface area contributed by atoms with Gasteiger partial charge in [0.2, 0.25) is 10.0 Å². The molecule has 96 valence electrons. The predicted molar refractivity (Wildman–Crippen MR) is 63.3 cm³/mol. The molecule has 0 saturated heterocycles. The molecule has 18 heavy (non-hydrogen) atoms. The summed E-state index contributed by atoms with van der Waals surface area (Å²) in [6, 6.07) is 4.28. The molecular weight excluding hydrogens is 258 g/mol. The second-order valence-electron chi connectivity index (χ2n) is 4.50. The Hall–Kier alpha value is -1.76. The van der Waals surface area contributed by atoms with E-state index >= 15 is 0 Å². The minimum Gasteiger partial charge on any atom is -0.493 e. The Labute approximate surface area is 104 Å². The van der Waals surface area contributed by atoms with Crippen LogP contribution < -0.4 is 9.46 Å². The highest BCUT2D eigenvalue weighted by Crippen LogP contribution is 2.40. The molecule has 2 atom stereocenters. The third kappa shape index (κ3) is 1.80. The molecule has 0 amide bonds. The molecule has 0 spiro atoms. The van der Waals surface area contributed by atoms with Crippen LogP contribution in [0.2, 0.25) is 0 Å². The Balaban J connectivity index is 2.09. The average Bonchev–Trinajstić information content (AvgIpc) is 3.04. The van der Waals surface area contributed by atoms with Crippen LogP contribution in [0.25, 0.3) is 0 Å². The van der Waals surface area contributed by atoms with Crippen LogP contribution in [0.4, 0.5) is 5.69 Å². The lowest BCUT2D eigenvalue weighted by Crippen LogP contribution is -2.20. The number of nitrogens with one attached hydrogen (secondary N) is 1. The van der Waals surface area contributed by atoms with Crippen molar-refractivity contribution in [2.45, 2.75) is 11.7 Å². The van der Waals surface area contributed by atoms with Gasteiger partial charge in [0.15, 0.2) is 0 Å². The predicted octanol–water partition coefficient (Wildman–Crippen LogP) is 0.907. The van der Waals surface area contributed by atoms with E-state index in [1.165, 1.54) is 18.2 Å². The number of anilines is 1. The van der Waals surface area contributed by atoms with Crippen LogP contribution in [0.15, 0.2) is 18.2 Å². The van der Waals surface area contributed by atoms with E-state index in [1.54, 1.807) is 0 Å². The fraction of sp³-hybridized carbons (Fsp3) is 0.364. The van der Waals surface area contributed by atoms with Crippen molar-refractivity contribution in [2.24, 2.45) is 5.92 Å². The van der Waals surface area contributed by atoms with Crippen LogP contribution in [-0.4, -0.2) is 31.4 Å². The molecule has 0 radical (unpaired) electrons. The number of carbonyl (C=O) groups is 1. The summed E-state index contributed by atoms with van der Waals surface area (Å²) in [5, 5.41) is 8.54. The largest absolute Gasteiger partial charge is 0.493 e. The van der Waals surface area contributed by atoms with Crippen molar-refractivity contribution >= 4 is 21.7 Å². The second kappa shape index (κ2) is 3.61. The molecule has 7 heteroatoms. The summed E-state index contributed by atoms with van der Waals surface area (Å²) in [6.45, 7) is 0.345. The Bertz CT molecular complexity index is 624. The van der Waals surface area contributed by atoms with Gasteiger partial charge in [-0.15, -0.1) is 0 Å². The number of sulfonamides is 1. The molecule has 2 aliphatic rings. The topological polar surface area (TPSA) is 92.7 Å². The lowest BCUT2D eigenvalue weighted by molar-refractivity contribution is 0.0698. The van der Waals surface area contributed by atoms with Crippen molar-refractivity contribution in [2.75, 3.05) is 11.3 Å². The zero-order chi connectivity index (χ0) is 12.9. The maximum absolute atomic E-state index is 12.0. The monoisotopic (exact) mass is 269 g/mol. The summed E-state index contributed by atoms with van der Waals surface area (Å²) in [5.74, 6) is -0.707. The summed E-state index contributed by atoms with van der Waals surface area (Å²) in [5.41, 5.74) is -0.0161. The van der Waals surface area contributed by atoms with Crippen LogP contribution in [0, 0.1) is 5.92 Å². The van der Waals surface area contributed by atoms with Gasteiger partial charge in [-0.2, -0.15) is 0 Å². The first-order valence-corrected chi connectivity index (χ1v) is 7.04. The van der Waals surface area contributed by atoms with Crippen molar-refractivity contribution < 1.29 is 23.1 Å². The highest BCUT2D eigenvalue weighted by molar-refractivity contribution is 7.93. The first-order chi connectivity index (χ1) is 8.47. The zero-order valence-electron chi connectivity index (χ0n) is 9.29. The number of fused-ring (bicyclic) bond motifs is 3. The van der Waals surface area contributed by atoms with E-state index in [4.69, 9.17) is 9.84 Å². The number of carboxylic acids is 1. The molecular formula is C11H11NO5S. The van der Waals surface area contributed by atoms with Crippen LogP contribution in [0.1, 0.15) is 16.8 Å². The molecule has 1 aliphatic carbocycles. The molecule has 3 rings (SSSR count). The van der Waals surface area contributed by atoms with E-state index in [9.17, 15) is 13.2 Å². The Morgan fingerprint density at radius 1 is 1.44 bits per heavy atom. The van der Waals surface area contributed by atoms with E-state index in [1.807, 2.05) is 0 Å². The van der Waals surface area contributed by atoms with Crippen molar-refractivity contribution in [1.82, 2.24) is 0 Å². The molecule has 1 aliphatic heterocycles. The molecule has 2 bridgehead atoms. The van der Waals surface area contributed by atoms with E-state index in [-0.39, 0.29) is 17.2 Å². The van der Waals surface area contributed by atoms with Gasteiger partial charge in [0.05, 0.1) is 23.1 Å². The first kappa shape index (κ1) is 11.3. The maximum Gasteiger partial charge on any atom is 0.337 e. The number of hydrogen-bond acceptors (Lipinski definition) is 4. The summed E-state index contributed by atoms with van der Waals surface area (Å²) in [6.07, 6.45) is 0.558. The smallest absolute Gasteiger partial charge is 0.337 e. The fourth-order valence-corrected chi connectivity index (χ4v) is 3.80. The van der Waals surface area contributed by atoms with E-state index in [0.717, 1.165) is 0 Å². The average molecular weight is 269 g/mol. The molecule has 1 fully saturated rings. The lowest BCUT2D eigenvalue weighted by atomic mass is 10.2. The number of hydrogen-bond donors (Lipinski definition) is 2. The van der Waals surface area contributed by atoms with Gasteiger partial charge in [-0.05, 0) is 18.6 Å². The Morgan fingerprint density at radius 3 is 2.94 bits per heavy atom. The number of carboxylic acid groups (broad SMARTS) is 1. The van der Waals surface area contributed by atoms with Crippen molar-refractivity contribution in [3.8, 4) is 5.75 Å². The van der Waals surface area contributed by atoms with Crippen molar-refractivity contribution in [3.63, 3.8) is 0 Å². The Kier molecular flexibility index (Phi) is 2.28. The van der Waals surface area contributed by atoms with Crippen molar-refractivity contribution in [3.05, 3.63) is 23.8 Å². The van der Waals surface area contributed by atoms with Gasteiger partial charge in [-0.3, -0.25) is 4.72 Å². The molecule has 0 aromatic heterocycles. The molecule has 2 N–H and O–H groups in total. The highest BCUT2D eigenvalue weighted by atomic mass is 32.2. The van der Waals surface area contributed by atoms with Crippen LogP contribution in [-0.2, 0) is 10.0 Å². The standard InChI is InChI=1S/C11H11NO5S/c13-11(14)8-2-1-7-4-9(8)12-18(15,16)10-3-6(10)5-17-7/h1-2,4,6,10,12H,3,5H2,(H,13,14). The van der Waals surface area contributed by atoms with Gasteiger partial charge in [0.1, 0.15) is 5.75 Å². The maximum atomic E-state index is 12.0. The summed E-state index contributed by atoms with van der Waals surface area (Å²) < 4.78 is 31.7. The number of ether oxygens (including phenoxy) is 1. The Morgan fingerprint density at radius 2 is 2.22 bits per heavy atom. The first-order valence-electron chi connectivity index (χ1n) is 5.49. The molecule has 6 nitrogen and oxygen atoms in total. The zero-order valence-corrected chi connectivity index (χ0v) is 10.1. The molecule has 1 aromatic rings. The van der Waals surface area contributed by atoms with Gasteiger partial charge in [-0.25, -0.2) is 13.2 Å². The second-order valence-corrected chi connectivity index (χ2v) is 6.40. The SMILES string of the molecule is O=C(O)c1ccc2cc1NS(=O)(=O)C1CC1CO2. The number of aromatic carboxylic acids is 1. The minimum absolute atomic E-state index is 0.00923. The van der Waals surface area contributed by atoms with Crippen LogP contribution >= 0.6 is 0 Å². The number of rotatable bonds is 1. The summed E-state index contributed by atoms with van der Waals surface area (Å²) >= 11 is 0. The third-order valence-electron chi connectivity index (χ3n) is 3.19. The van der Waals surface area contributed by atoms with Gasteiger partial charge in [0.25, 0.3) is 0 Å². The van der Waals surface area contributed by atoms with Gasteiger partial charge >= 0.3 is 5.97 Å². The third-order valence-corrected chi connectivity index (χ3v) is 5.07. The van der Waals surface area contributed by atoms with Gasteiger partial charge in [0, 0.05) is 12.0 Å². The van der Waals surface area contributed by atoms with Crippen LogP contribution in [0.5, 0.6) is 5.75 Å². The fourth-order valence-electron chi connectivity index (χ4n) is 2.09. The highest BCUT2D eigenvalue weighted by Gasteiger charge is 2.48. The molecule has 2 unspecified atom stereocenters. The summed E-state index contributed by atoms with van der Waals surface area (Å²) in [7, 11) is -3.52.